The highest BCUT2D eigenvalue weighted by Crippen LogP contribution is 2.30. The maximum Gasteiger partial charge on any atom is 0.256 e. The number of anilines is 1. The van der Waals surface area contributed by atoms with Crippen molar-refractivity contribution in [3.05, 3.63) is 64.7 Å². The van der Waals surface area contributed by atoms with Gasteiger partial charge >= 0.3 is 0 Å². The van der Waals surface area contributed by atoms with Crippen LogP contribution in [0.3, 0.4) is 0 Å². The Morgan fingerprint density at radius 1 is 1.15 bits per heavy atom. The first-order valence-corrected chi connectivity index (χ1v) is 9.18. The molecule has 2 aromatic carbocycles. The summed E-state index contributed by atoms with van der Waals surface area (Å²) < 4.78 is 0. The van der Waals surface area contributed by atoms with Crippen LogP contribution in [0.2, 0.25) is 5.02 Å². The van der Waals surface area contributed by atoms with Crippen molar-refractivity contribution in [1.82, 2.24) is 10.2 Å². The van der Waals surface area contributed by atoms with Crippen molar-refractivity contribution < 1.29 is 14.4 Å². The van der Waals surface area contributed by atoms with Crippen molar-refractivity contribution in [2.24, 2.45) is 0 Å². The largest absolute Gasteiger partial charge is 0.349 e. The summed E-state index contributed by atoms with van der Waals surface area (Å²) in [6.07, 6.45) is 0.967. The molecule has 27 heavy (non-hydrogen) atoms. The van der Waals surface area contributed by atoms with Gasteiger partial charge in [0.05, 0.1) is 11.3 Å². The van der Waals surface area contributed by atoms with Gasteiger partial charge in [-0.15, -0.1) is 0 Å². The minimum Gasteiger partial charge on any atom is -0.349 e. The molecule has 6 nitrogen and oxygen atoms in total. The highest BCUT2D eigenvalue weighted by atomic mass is 35.5. The summed E-state index contributed by atoms with van der Waals surface area (Å²) in [7, 11) is 0. The van der Waals surface area contributed by atoms with E-state index in [1.54, 1.807) is 47.4 Å². The Kier molecular flexibility index (Phi) is 4.58. The summed E-state index contributed by atoms with van der Waals surface area (Å²) in [5.74, 6) is -0.634. The number of amides is 3. The molecule has 2 heterocycles. The molecule has 0 unspecified atom stereocenters. The fourth-order valence-electron chi connectivity index (χ4n) is 3.62. The summed E-state index contributed by atoms with van der Waals surface area (Å²) in [6, 6.07) is 13.0. The summed E-state index contributed by atoms with van der Waals surface area (Å²) in [5.41, 5.74) is 1.43. The van der Waals surface area contributed by atoms with Crippen LogP contribution in [0.25, 0.3) is 0 Å². The minimum absolute atomic E-state index is 0.176. The van der Waals surface area contributed by atoms with E-state index in [4.69, 9.17) is 11.6 Å². The van der Waals surface area contributed by atoms with E-state index in [1.165, 1.54) is 0 Å². The monoisotopic (exact) mass is 383 g/mol. The third-order valence-electron chi connectivity index (χ3n) is 5.01. The van der Waals surface area contributed by atoms with Crippen LogP contribution in [0.4, 0.5) is 5.69 Å². The van der Waals surface area contributed by atoms with Gasteiger partial charge in [0.2, 0.25) is 5.91 Å². The molecule has 4 rings (SSSR count). The molecule has 0 bridgehead atoms. The maximum absolute atomic E-state index is 12.9. The number of piperidine rings is 1. The van der Waals surface area contributed by atoms with Crippen LogP contribution >= 0.6 is 11.6 Å². The molecule has 0 saturated carbocycles. The molecule has 2 aromatic rings. The number of carbonyl (C=O) groups excluding carboxylic acids is 3. The lowest BCUT2D eigenvalue weighted by atomic mass is 9.95. The molecule has 2 aliphatic heterocycles. The molecule has 138 valence electrons. The zero-order valence-electron chi connectivity index (χ0n) is 14.4. The van der Waals surface area contributed by atoms with E-state index in [2.05, 4.69) is 10.6 Å². The van der Waals surface area contributed by atoms with Gasteiger partial charge in [0.1, 0.15) is 6.04 Å². The Labute approximate surface area is 161 Å². The standard InChI is InChI=1S/C20H18ClN3O3/c21-13-6-7-15-16(10-13)23-19(26)17-11-14(8-9-24(17)20(15)27)22-18(25)12-4-2-1-3-5-12/h1-7,10,14,17H,8-9,11H2,(H,22,25)(H,23,26)/t14-,17-/m0/s1. The van der Waals surface area contributed by atoms with Gasteiger partial charge in [-0.3, -0.25) is 14.4 Å². The number of hydrogen-bond donors (Lipinski definition) is 2. The lowest BCUT2D eigenvalue weighted by Gasteiger charge is -2.37. The van der Waals surface area contributed by atoms with Crippen molar-refractivity contribution in [3.8, 4) is 0 Å². The van der Waals surface area contributed by atoms with E-state index in [9.17, 15) is 14.4 Å². The second kappa shape index (κ2) is 7.04. The number of carbonyl (C=O) groups is 3. The van der Waals surface area contributed by atoms with Crippen LogP contribution in [-0.2, 0) is 4.79 Å². The zero-order chi connectivity index (χ0) is 19.0. The Morgan fingerprint density at radius 3 is 2.70 bits per heavy atom. The predicted molar refractivity (Wildman–Crippen MR) is 102 cm³/mol. The van der Waals surface area contributed by atoms with E-state index >= 15 is 0 Å². The molecule has 1 fully saturated rings. The lowest BCUT2D eigenvalue weighted by molar-refractivity contribution is -0.121. The molecule has 1 saturated heterocycles. The molecule has 3 amide bonds. The number of hydrogen-bond acceptors (Lipinski definition) is 3. The zero-order valence-corrected chi connectivity index (χ0v) is 15.2. The van der Waals surface area contributed by atoms with Gasteiger partial charge in [-0.2, -0.15) is 0 Å². The molecule has 0 spiro atoms. The van der Waals surface area contributed by atoms with Crippen molar-refractivity contribution >= 4 is 35.0 Å². The Hall–Kier alpha value is -2.86. The number of fused-ring (bicyclic) bond motifs is 2. The van der Waals surface area contributed by atoms with Gasteiger partial charge in [0, 0.05) is 23.2 Å². The molecule has 2 aliphatic rings. The molecule has 0 aliphatic carbocycles. The van der Waals surface area contributed by atoms with Crippen LogP contribution in [0.1, 0.15) is 33.6 Å². The predicted octanol–water partition coefficient (Wildman–Crippen LogP) is 2.70. The van der Waals surface area contributed by atoms with Crippen molar-refractivity contribution in [2.45, 2.75) is 24.9 Å². The topological polar surface area (TPSA) is 78.5 Å². The molecular weight excluding hydrogens is 366 g/mol. The van der Waals surface area contributed by atoms with Gasteiger partial charge in [0.25, 0.3) is 11.8 Å². The smallest absolute Gasteiger partial charge is 0.256 e. The van der Waals surface area contributed by atoms with Gasteiger partial charge in [-0.25, -0.2) is 0 Å². The van der Waals surface area contributed by atoms with Gasteiger partial charge in [-0.1, -0.05) is 29.8 Å². The third-order valence-corrected chi connectivity index (χ3v) is 5.24. The molecule has 0 radical (unpaired) electrons. The number of rotatable bonds is 2. The van der Waals surface area contributed by atoms with Crippen LogP contribution in [0.15, 0.2) is 48.5 Å². The normalized spacial score (nSPS) is 21.6. The lowest BCUT2D eigenvalue weighted by Crippen LogP contribution is -2.55. The second-order valence-electron chi connectivity index (χ2n) is 6.75. The van der Waals surface area contributed by atoms with Crippen LogP contribution in [0.5, 0.6) is 0 Å². The average molecular weight is 384 g/mol. The fraction of sp³-hybridized carbons (Fsp3) is 0.250. The summed E-state index contributed by atoms with van der Waals surface area (Å²) in [6.45, 7) is 0.402. The minimum atomic E-state index is -0.626. The van der Waals surface area contributed by atoms with Crippen LogP contribution < -0.4 is 10.6 Å². The molecule has 2 N–H and O–H groups in total. The molecule has 7 heteroatoms. The van der Waals surface area contributed by atoms with Crippen molar-refractivity contribution in [3.63, 3.8) is 0 Å². The molecule has 2 atom stereocenters. The first-order chi connectivity index (χ1) is 13.0. The first-order valence-electron chi connectivity index (χ1n) is 8.80. The number of halogens is 1. The number of benzene rings is 2. The second-order valence-corrected chi connectivity index (χ2v) is 7.19. The summed E-state index contributed by atoms with van der Waals surface area (Å²) in [4.78, 5) is 39.6. The Bertz CT molecular complexity index is 916. The summed E-state index contributed by atoms with van der Waals surface area (Å²) in [5, 5.41) is 6.23. The van der Waals surface area contributed by atoms with Crippen molar-refractivity contribution in [1.29, 1.82) is 0 Å². The van der Waals surface area contributed by atoms with Crippen LogP contribution in [-0.4, -0.2) is 41.2 Å². The average Bonchev–Trinajstić information content (AvgIpc) is 2.77. The first kappa shape index (κ1) is 17.5. The third kappa shape index (κ3) is 3.40. The van der Waals surface area contributed by atoms with Gasteiger partial charge < -0.3 is 15.5 Å². The van der Waals surface area contributed by atoms with E-state index in [1.807, 2.05) is 6.07 Å². The summed E-state index contributed by atoms with van der Waals surface area (Å²) >= 11 is 5.99. The Morgan fingerprint density at radius 2 is 1.93 bits per heavy atom. The molecule has 0 aromatic heterocycles. The van der Waals surface area contributed by atoms with Gasteiger partial charge in [0.15, 0.2) is 0 Å². The number of nitrogens with zero attached hydrogens (tertiary/aromatic N) is 1. The van der Waals surface area contributed by atoms with E-state index in [0.29, 0.717) is 41.2 Å². The molecular formula is C20H18ClN3O3. The fourth-order valence-corrected chi connectivity index (χ4v) is 3.80. The quantitative estimate of drug-likeness (QED) is 0.836. The van der Waals surface area contributed by atoms with E-state index in [0.717, 1.165) is 0 Å². The number of nitrogens with one attached hydrogen (secondary N) is 2. The van der Waals surface area contributed by atoms with E-state index in [-0.39, 0.29) is 23.8 Å². The van der Waals surface area contributed by atoms with E-state index < -0.39 is 6.04 Å². The SMILES string of the molecule is O=C(N[C@H]1CCN2C(=O)c3ccc(Cl)cc3NC(=O)[C@@H]2C1)c1ccccc1. The van der Waals surface area contributed by atoms with Crippen LogP contribution in [0, 0.1) is 0 Å². The van der Waals surface area contributed by atoms with Gasteiger partial charge in [-0.05, 0) is 43.2 Å². The maximum atomic E-state index is 12.9. The highest BCUT2D eigenvalue weighted by molar-refractivity contribution is 6.31. The highest BCUT2D eigenvalue weighted by Gasteiger charge is 2.40. The Balaban J connectivity index is 1.52. The van der Waals surface area contributed by atoms with Crippen molar-refractivity contribution in [2.75, 3.05) is 11.9 Å².